The van der Waals surface area contributed by atoms with Gasteiger partial charge in [-0.2, -0.15) is 5.10 Å². The Labute approximate surface area is 109 Å². The third-order valence-electron chi connectivity index (χ3n) is 3.98. The second-order valence-corrected chi connectivity index (χ2v) is 5.75. The second kappa shape index (κ2) is 5.55. The predicted octanol–water partition coefficient (Wildman–Crippen LogP) is 2.70. The Morgan fingerprint density at radius 1 is 1.44 bits per heavy atom. The average molecular weight is 249 g/mol. The van der Waals surface area contributed by atoms with E-state index in [1.165, 1.54) is 6.42 Å². The molecule has 100 valence electrons. The van der Waals surface area contributed by atoms with Gasteiger partial charge in [0.05, 0.1) is 0 Å². The maximum atomic E-state index is 12.5. The highest BCUT2D eigenvalue weighted by atomic mass is 16.2. The van der Waals surface area contributed by atoms with Crippen molar-refractivity contribution in [1.29, 1.82) is 0 Å². The van der Waals surface area contributed by atoms with Gasteiger partial charge in [-0.15, -0.1) is 0 Å². The molecule has 4 heteroatoms. The van der Waals surface area contributed by atoms with Crippen molar-refractivity contribution in [3.8, 4) is 0 Å². The summed E-state index contributed by atoms with van der Waals surface area (Å²) in [5.74, 6) is 1.31. The molecule has 1 aliphatic rings. The van der Waals surface area contributed by atoms with Crippen LogP contribution in [-0.2, 0) is 0 Å². The number of aromatic nitrogens is 2. The van der Waals surface area contributed by atoms with Crippen LogP contribution < -0.4 is 0 Å². The van der Waals surface area contributed by atoms with Crippen LogP contribution in [0.1, 0.15) is 50.5 Å². The summed E-state index contributed by atoms with van der Waals surface area (Å²) in [6.07, 6.45) is 5.06. The highest BCUT2D eigenvalue weighted by Gasteiger charge is 2.30. The van der Waals surface area contributed by atoms with Crippen molar-refractivity contribution in [2.45, 2.75) is 46.1 Å². The van der Waals surface area contributed by atoms with Crippen molar-refractivity contribution in [3.05, 3.63) is 18.0 Å². The lowest BCUT2D eigenvalue weighted by atomic mass is 9.95. The van der Waals surface area contributed by atoms with Gasteiger partial charge < -0.3 is 4.90 Å². The maximum Gasteiger partial charge on any atom is 0.272 e. The fourth-order valence-corrected chi connectivity index (χ4v) is 2.76. The summed E-state index contributed by atoms with van der Waals surface area (Å²) < 4.78 is 0. The molecule has 1 saturated heterocycles. The van der Waals surface area contributed by atoms with E-state index in [1.807, 2.05) is 4.90 Å². The molecule has 1 N–H and O–H groups in total. The van der Waals surface area contributed by atoms with Gasteiger partial charge in [0.25, 0.3) is 5.91 Å². The summed E-state index contributed by atoms with van der Waals surface area (Å²) in [6, 6.07) is 2.11. The molecule has 18 heavy (non-hydrogen) atoms. The minimum atomic E-state index is 0.0975. The highest BCUT2D eigenvalue weighted by Crippen LogP contribution is 2.26. The summed E-state index contributed by atoms with van der Waals surface area (Å²) in [7, 11) is 0. The number of amides is 1. The summed E-state index contributed by atoms with van der Waals surface area (Å²) in [4.78, 5) is 14.5. The fourth-order valence-electron chi connectivity index (χ4n) is 2.76. The number of nitrogens with one attached hydrogen (secondary N) is 1. The Morgan fingerprint density at radius 3 is 2.83 bits per heavy atom. The molecule has 2 unspecified atom stereocenters. The van der Waals surface area contributed by atoms with Crippen LogP contribution in [0, 0.1) is 11.8 Å². The first-order valence-electron chi connectivity index (χ1n) is 6.90. The third-order valence-corrected chi connectivity index (χ3v) is 3.98. The lowest BCUT2D eigenvalue weighted by Gasteiger charge is -2.32. The van der Waals surface area contributed by atoms with E-state index in [9.17, 15) is 4.79 Å². The second-order valence-electron chi connectivity index (χ2n) is 5.75. The van der Waals surface area contributed by atoms with Gasteiger partial charge in [0.15, 0.2) is 0 Å². The maximum absolute atomic E-state index is 12.5. The van der Waals surface area contributed by atoms with Crippen molar-refractivity contribution in [3.63, 3.8) is 0 Å². The Kier molecular flexibility index (Phi) is 4.04. The zero-order chi connectivity index (χ0) is 13.1. The molecule has 4 nitrogen and oxygen atoms in total. The minimum absolute atomic E-state index is 0.0975. The van der Waals surface area contributed by atoms with Crippen LogP contribution in [0.3, 0.4) is 0 Å². The van der Waals surface area contributed by atoms with E-state index in [4.69, 9.17) is 0 Å². The highest BCUT2D eigenvalue weighted by molar-refractivity contribution is 5.92. The molecule has 0 radical (unpaired) electrons. The average Bonchev–Trinajstić information content (AvgIpc) is 2.78. The molecule has 0 spiro atoms. The van der Waals surface area contributed by atoms with Crippen molar-refractivity contribution < 1.29 is 4.79 Å². The Bertz CT molecular complexity index is 386. The SMILES string of the molecule is CC1CCC(C(C)C)N(C(=O)c2ccn[nH]2)CC1. The molecule has 0 aromatic carbocycles. The molecule has 2 heterocycles. The normalized spacial score (nSPS) is 25.2. The number of hydrogen-bond donors (Lipinski definition) is 1. The summed E-state index contributed by atoms with van der Waals surface area (Å²) in [5, 5.41) is 6.66. The van der Waals surface area contributed by atoms with Gasteiger partial charge in [0.2, 0.25) is 0 Å². The Hall–Kier alpha value is -1.32. The molecule has 1 aromatic rings. The van der Waals surface area contributed by atoms with Crippen LogP contribution in [-0.4, -0.2) is 33.6 Å². The van der Waals surface area contributed by atoms with Gasteiger partial charge >= 0.3 is 0 Å². The van der Waals surface area contributed by atoms with Crippen LogP contribution in [0.5, 0.6) is 0 Å². The predicted molar refractivity (Wildman–Crippen MR) is 71.3 cm³/mol. The largest absolute Gasteiger partial charge is 0.334 e. The molecule has 1 amide bonds. The molecule has 0 bridgehead atoms. The fraction of sp³-hybridized carbons (Fsp3) is 0.714. The first-order chi connectivity index (χ1) is 8.59. The van der Waals surface area contributed by atoms with Crippen LogP contribution in [0.25, 0.3) is 0 Å². The van der Waals surface area contributed by atoms with Crippen LogP contribution in [0.15, 0.2) is 12.3 Å². The van der Waals surface area contributed by atoms with Crippen LogP contribution in [0.2, 0.25) is 0 Å². The Morgan fingerprint density at radius 2 is 2.22 bits per heavy atom. The van der Waals surface area contributed by atoms with E-state index in [2.05, 4.69) is 31.0 Å². The number of carbonyl (C=O) groups excluding carboxylic acids is 1. The van der Waals surface area contributed by atoms with E-state index in [-0.39, 0.29) is 5.91 Å². The van der Waals surface area contributed by atoms with Crippen molar-refractivity contribution in [2.24, 2.45) is 11.8 Å². The molecule has 2 rings (SSSR count). The first kappa shape index (κ1) is 13.1. The zero-order valence-corrected chi connectivity index (χ0v) is 11.5. The topological polar surface area (TPSA) is 49.0 Å². The molecule has 0 aliphatic carbocycles. The van der Waals surface area contributed by atoms with Gasteiger partial charge in [0.1, 0.15) is 5.69 Å². The van der Waals surface area contributed by atoms with E-state index in [1.54, 1.807) is 12.3 Å². The van der Waals surface area contributed by atoms with Crippen LogP contribution in [0.4, 0.5) is 0 Å². The molecule has 1 fully saturated rings. The number of hydrogen-bond acceptors (Lipinski definition) is 2. The molecule has 2 atom stereocenters. The number of likely N-dealkylation sites (tertiary alicyclic amines) is 1. The standard InChI is InChI=1S/C14H23N3O/c1-10(2)13-5-4-11(3)7-9-17(13)14(18)12-6-8-15-16-12/h6,8,10-11,13H,4-5,7,9H2,1-3H3,(H,15,16). The number of aromatic amines is 1. The monoisotopic (exact) mass is 249 g/mol. The number of H-pyrrole nitrogens is 1. The molecular weight excluding hydrogens is 226 g/mol. The summed E-state index contributed by atoms with van der Waals surface area (Å²) in [6.45, 7) is 7.55. The smallest absolute Gasteiger partial charge is 0.272 e. The lowest BCUT2D eigenvalue weighted by Crippen LogP contribution is -2.43. The number of carbonyl (C=O) groups is 1. The summed E-state index contributed by atoms with van der Waals surface area (Å²) >= 11 is 0. The summed E-state index contributed by atoms with van der Waals surface area (Å²) in [5.41, 5.74) is 0.607. The molecule has 1 aliphatic heterocycles. The van der Waals surface area contributed by atoms with E-state index >= 15 is 0 Å². The van der Waals surface area contributed by atoms with E-state index in [0.29, 0.717) is 23.6 Å². The quantitative estimate of drug-likeness (QED) is 0.876. The van der Waals surface area contributed by atoms with Gasteiger partial charge in [-0.1, -0.05) is 20.8 Å². The van der Waals surface area contributed by atoms with Gasteiger partial charge in [-0.05, 0) is 37.2 Å². The zero-order valence-electron chi connectivity index (χ0n) is 11.5. The third kappa shape index (κ3) is 2.74. The van der Waals surface area contributed by atoms with Crippen LogP contribution >= 0.6 is 0 Å². The molecular formula is C14H23N3O. The van der Waals surface area contributed by atoms with Crippen molar-refractivity contribution in [2.75, 3.05) is 6.54 Å². The van der Waals surface area contributed by atoms with Gasteiger partial charge in [-0.25, -0.2) is 0 Å². The van der Waals surface area contributed by atoms with Gasteiger partial charge in [0, 0.05) is 18.8 Å². The van der Waals surface area contributed by atoms with E-state index in [0.717, 1.165) is 19.4 Å². The number of nitrogens with zero attached hydrogens (tertiary/aromatic N) is 2. The molecule has 1 aromatic heterocycles. The van der Waals surface area contributed by atoms with E-state index < -0.39 is 0 Å². The van der Waals surface area contributed by atoms with Gasteiger partial charge in [-0.3, -0.25) is 9.89 Å². The van der Waals surface area contributed by atoms with Crippen molar-refractivity contribution >= 4 is 5.91 Å². The Balaban J connectivity index is 2.18. The minimum Gasteiger partial charge on any atom is -0.334 e. The van der Waals surface area contributed by atoms with Crippen molar-refractivity contribution in [1.82, 2.24) is 15.1 Å². The molecule has 0 saturated carbocycles. The lowest BCUT2D eigenvalue weighted by molar-refractivity contribution is 0.0625. The first-order valence-corrected chi connectivity index (χ1v) is 6.90. The number of rotatable bonds is 2.